The molecule has 3 aromatic rings. The van der Waals surface area contributed by atoms with Crippen molar-refractivity contribution in [2.75, 3.05) is 0 Å². The Morgan fingerprint density at radius 1 is 1.35 bits per heavy atom. The van der Waals surface area contributed by atoms with E-state index in [0.29, 0.717) is 0 Å². The van der Waals surface area contributed by atoms with Crippen molar-refractivity contribution in [3.05, 3.63) is 41.6 Å². The maximum Gasteiger partial charge on any atom is 0.177 e. The number of hydrogen-bond donors (Lipinski definition) is 0. The largest absolute Gasteiger partial charge is 0.461 e. The summed E-state index contributed by atoms with van der Waals surface area (Å²) in [7, 11) is 0. The molecule has 0 saturated heterocycles. The lowest BCUT2D eigenvalue weighted by Crippen LogP contribution is -1.96. The van der Waals surface area contributed by atoms with Gasteiger partial charge in [-0.1, -0.05) is 11.6 Å². The van der Waals surface area contributed by atoms with Crippen LogP contribution in [0.3, 0.4) is 0 Å². The second-order valence-electron chi connectivity index (χ2n) is 3.79. The number of benzene rings is 1. The lowest BCUT2D eigenvalue weighted by molar-refractivity contribution is 0.571. The lowest BCUT2D eigenvalue weighted by Gasteiger charge is -2.03. The maximum absolute atomic E-state index is 6.02. The highest BCUT2D eigenvalue weighted by atomic mass is 35.5. The second-order valence-corrected chi connectivity index (χ2v) is 4.23. The van der Waals surface area contributed by atoms with Crippen LogP contribution in [0.15, 0.2) is 41.0 Å². The van der Waals surface area contributed by atoms with Crippen LogP contribution in [0.25, 0.3) is 22.6 Å². The molecule has 0 unspecified atom stereocenters. The van der Waals surface area contributed by atoms with Gasteiger partial charge in [-0.25, -0.2) is 4.98 Å². The molecule has 0 atom stereocenters. The minimum absolute atomic E-state index is 0.720. The van der Waals surface area contributed by atoms with Gasteiger partial charge >= 0.3 is 0 Å². The number of rotatable bonds is 2. The molecule has 3 nitrogen and oxygen atoms in total. The molecule has 0 bridgehead atoms. The third-order valence-electron chi connectivity index (χ3n) is 2.77. The molecule has 0 radical (unpaired) electrons. The summed E-state index contributed by atoms with van der Waals surface area (Å²) in [6.45, 7) is 2.90. The first-order chi connectivity index (χ1) is 8.29. The summed E-state index contributed by atoms with van der Waals surface area (Å²) in [6, 6.07) is 9.48. The van der Waals surface area contributed by atoms with Crippen LogP contribution in [0.2, 0.25) is 5.02 Å². The fourth-order valence-corrected chi connectivity index (χ4v) is 2.18. The molecule has 0 N–H and O–H groups in total. The fourth-order valence-electron chi connectivity index (χ4n) is 2.01. The van der Waals surface area contributed by atoms with Crippen LogP contribution in [0.5, 0.6) is 0 Å². The van der Waals surface area contributed by atoms with Crippen molar-refractivity contribution in [1.29, 1.82) is 0 Å². The smallest absolute Gasteiger partial charge is 0.177 e. The highest BCUT2D eigenvalue weighted by molar-refractivity contribution is 6.31. The van der Waals surface area contributed by atoms with Crippen LogP contribution in [0, 0.1) is 0 Å². The molecule has 0 fully saturated rings. The van der Waals surface area contributed by atoms with E-state index in [1.165, 1.54) is 0 Å². The van der Waals surface area contributed by atoms with Gasteiger partial charge in [0.1, 0.15) is 0 Å². The Morgan fingerprint density at radius 3 is 2.94 bits per heavy atom. The van der Waals surface area contributed by atoms with Crippen molar-refractivity contribution < 1.29 is 4.42 Å². The SMILES string of the molecule is CCn1c(-c2ccco2)nc2ccc(Cl)cc21. The number of halogens is 1. The van der Waals surface area contributed by atoms with Gasteiger partial charge in [-0.2, -0.15) is 0 Å². The van der Waals surface area contributed by atoms with E-state index in [9.17, 15) is 0 Å². The minimum atomic E-state index is 0.720. The molecule has 2 aromatic heterocycles. The van der Waals surface area contributed by atoms with E-state index >= 15 is 0 Å². The Bertz CT molecular complexity index is 655. The highest BCUT2D eigenvalue weighted by Crippen LogP contribution is 2.26. The maximum atomic E-state index is 6.02. The lowest BCUT2D eigenvalue weighted by atomic mass is 10.3. The molecular formula is C13H11ClN2O. The average molecular weight is 247 g/mol. The summed E-state index contributed by atoms with van der Waals surface area (Å²) >= 11 is 6.02. The third kappa shape index (κ3) is 1.63. The predicted molar refractivity (Wildman–Crippen MR) is 68.1 cm³/mol. The van der Waals surface area contributed by atoms with Gasteiger partial charge in [0.25, 0.3) is 0 Å². The minimum Gasteiger partial charge on any atom is -0.461 e. The van der Waals surface area contributed by atoms with Gasteiger partial charge in [0.15, 0.2) is 11.6 Å². The molecular weight excluding hydrogens is 236 g/mol. The van der Waals surface area contributed by atoms with E-state index in [1.807, 2.05) is 30.3 Å². The number of hydrogen-bond acceptors (Lipinski definition) is 2. The van der Waals surface area contributed by atoms with Crippen LogP contribution in [0.4, 0.5) is 0 Å². The summed E-state index contributed by atoms with van der Waals surface area (Å²) in [5.41, 5.74) is 1.97. The van der Waals surface area contributed by atoms with E-state index in [0.717, 1.165) is 34.2 Å². The zero-order valence-corrected chi connectivity index (χ0v) is 10.1. The number of nitrogens with zero attached hydrogens (tertiary/aromatic N) is 2. The zero-order valence-electron chi connectivity index (χ0n) is 9.35. The molecule has 0 saturated carbocycles. The molecule has 3 rings (SSSR count). The number of fused-ring (bicyclic) bond motifs is 1. The Kier molecular flexibility index (Phi) is 2.41. The van der Waals surface area contributed by atoms with Crippen molar-refractivity contribution in [1.82, 2.24) is 9.55 Å². The predicted octanol–water partition coefficient (Wildman–Crippen LogP) is 3.97. The number of imidazole rings is 1. The van der Waals surface area contributed by atoms with Crippen LogP contribution >= 0.6 is 11.6 Å². The third-order valence-corrected chi connectivity index (χ3v) is 3.00. The van der Waals surface area contributed by atoms with Crippen molar-refractivity contribution >= 4 is 22.6 Å². The summed E-state index contributed by atoms with van der Waals surface area (Å²) in [5.74, 6) is 1.62. The molecule has 4 heteroatoms. The molecule has 0 aliphatic heterocycles. The summed E-state index contributed by atoms with van der Waals surface area (Å²) in [5, 5.41) is 0.720. The molecule has 2 heterocycles. The topological polar surface area (TPSA) is 31.0 Å². The standard InChI is InChI=1S/C13H11ClN2O/c1-2-16-11-8-9(14)5-6-10(11)15-13(16)12-4-3-7-17-12/h3-8H,2H2,1H3. The van der Waals surface area contributed by atoms with Crippen LogP contribution in [-0.2, 0) is 6.54 Å². The number of aryl methyl sites for hydroxylation is 1. The van der Waals surface area contributed by atoms with Crippen molar-refractivity contribution in [3.8, 4) is 11.6 Å². The van der Waals surface area contributed by atoms with E-state index in [4.69, 9.17) is 16.0 Å². The van der Waals surface area contributed by atoms with Gasteiger partial charge in [0.2, 0.25) is 0 Å². The van der Waals surface area contributed by atoms with Gasteiger partial charge in [0, 0.05) is 11.6 Å². The number of aromatic nitrogens is 2. The van der Waals surface area contributed by atoms with Gasteiger partial charge in [0.05, 0.1) is 17.3 Å². The van der Waals surface area contributed by atoms with Crippen LogP contribution in [-0.4, -0.2) is 9.55 Å². The van der Waals surface area contributed by atoms with Gasteiger partial charge in [-0.3, -0.25) is 0 Å². The molecule has 17 heavy (non-hydrogen) atoms. The average Bonchev–Trinajstić information content (AvgIpc) is 2.94. The summed E-state index contributed by atoms with van der Waals surface area (Å²) in [6.07, 6.45) is 1.65. The molecule has 0 amide bonds. The number of furan rings is 1. The van der Waals surface area contributed by atoms with Crippen LogP contribution < -0.4 is 0 Å². The Balaban J connectivity index is 2.32. The Labute approximate surface area is 104 Å². The van der Waals surface area contributed by atoms with E-state index < -0.39 is 0 Å². The van der Waals surface area contributed by atoms with Crippen LogP contribution in [0.1, 0.15) is 6.92 Å². The normalized spacial score (nSPS) is 11.2. The first kappa shape index (κ1) is 10.4. The molecule has 0 aliphatic rings. The van der Waals surface area contributed by atoms with E-state index in [1.54, 1.807) is 6.26 Å². The Morgan fingerprint density at radius 2 is 2.24 bits per heavy atom. The first-order valence-electron chi connectivity index (χ1n) is 5.49. The second kappa shape index (κ2) is 3.93. The Hall–Kier alpha value is -1.74. The summed E-state index contributed by atoms with van der Waals surface area (Å²) < 4.78 is 7.50. The highest BCUT2D eigenvalue weighted by Gasteiger charge is 2.13. The van der Waals surface area contributed by atoms with Crippen molar-refractivity contribution in [3.63, 3.8) is 0 Å². The quantitative estimate of drug-likeness (QED) is 0.685. The van der Waals surface area contributed by atoms with E-state index in [-0.39, 0.29) is 0 Å². The van der Waals surface area contributed by atoms with Gasteiger partial charge in [-0.05, 0) is 37.3 Å². The zero-order chi connectivity index (χ0) is 11.8. The molecule has 0 spiro atoms. The fraction of sp³-hybridized carbons (Fsp3) is 0.154. The monoisotopic (exact) mass is 246 g/mol. The van der Waals surface area contributed by atoms with Crippen molar-refractivity contribution in [2.24, 2.45) is 0 Å². The molecule has 0 aliphatic carbocycles. The first-order valence-corrected chi connectivity index (χ1v) is 5.87. The van der Waals surface area contributed by atoms with Gasteiger partial charge in [-0.15, -0.1) is 0 Å². The van der Waals surface area contributed by atoms with Gasteiger partial charge < -0.3 is 8.98 Å². The summed E-state index contributed by atoms with van der Waals surface area (Å²) in [4.78, 5) is 4.58. The van der Waals surface area contributed by atoms with Crippen molar-refractivity contribution in [2.45, 2.75) is 13.5 Å². The molecule has 1 aromatic carbocycles. The molecule has 86 valence electrons. The van der Waals surface area contributed by atoms with E-state index in [2.05, 4.69) is 16.5 Å².